The van der Waals surface area contributed by atoms with E-state index < -0.39 is 5.97 Å². The van der Waals surface area contributed by atoms with E-state index in [9.17, 15) is 9.70 Å². The summed E-state index contributed by atoms with van der Waals surface area (Å²) in [6.45, 7) is 2.00. The van der Waals surface area contributed by atoms with E-state index in [0.29, 0.717) is 22.5 Å². The van der Waals surface area contributed by atoms with Crippen LogP contribution in [0.2, 0.25) is 0 Å². The highest BCUT2D eigenvalue weighted by molar-refractivity contribution is 5.89. The number of nitrogens with one attached hydrogen (secondary N) is 1. The summed E-state index contributed by atoms with van der Waals surface area (Å²) in [6, 6.07) is 14.5. The van der Waals surface area contributed by atoms with Gasteiger partial charge in [0.25, 0.3) is 11.4 Å². The van der Waals surface area contributed by atoms with Crippen molar-refractivity contribution < 1.29 is 14.0 Å². The Morgan fingerprint density at radius 2 is 1.42 bits per heavy atom. The van der Waals surface area contributed by atoms with Crippen LogP contribution in [-0.4, -0.2) is 18.1 Å². The van der Waals surface area contributed by atoms with Crippen molar-refractivity contribution in [3.05, 3.63) is 77.0 Å². The Morgan fingerprint density at radius 3 is 1.92 bits per heavy atom. The lowest BCUT2D eigenvalue weighted by Gasteiger charge is -2.00. The van der Waals surface area contributed by atoms with Gasteiger partial charge >= 0.3 is 5.97 Å². The fourth-order valence-electron chi connectivity index (χ4n) is 2.47. The summed E-state index contributed by atoms with van der Waals surface area (Å²) in [6.07, 6.45) is 3.31. The molecule has 3 aromatic rings. The van der Waals surface area contributed by atoms with Crippen LogP contribution in [0.1, 0.15) is 15.9 Å². The van der Waals surface area contributed by atoms with Crippen molar-refractivity contribution in [2.45, 2.75) is 6.92 Å². The largest absolute Gasteiger partial charge is 0.465 e. The lowest BCUT2D eigenvalue weighted by Crippen LogP contribution is -2.21. The fraction of sp³-hybridized carbons (Fsp3) is 0.105. The number of hydrogen-bond acceptors (Lipinski definition) is 3. The fourth-order valence-corrected chi connectivity index (χ4v) is 2.47. The number of aromatic amines is 1. The molecule has 0 saturated heterocycles. The molecule has 1 N–H and O–H groups in total. The molecule has 0 aliphatic carbocycles. The molecular formula is C19H17N2O3+. The van der Waals surface area contributed by atoms with Crippen LogP contribution in [0.15, 0.2) is 60.9 Å². The number of ether oxygens (including phenoxy) is 1. The molecule has 1 aromatic heterocycles. The highest BCUT2D eigenvalue weighted by Gasteiger charge is 2.19. The summed E-state index contributed by atoms with van der Waals surface area (Å²) in [5.74, 6) is -0.406. The molecule has 120 valence electrons. The summed E-state index contributed by atoms with van der Waals surface area (Å²) in [5, 5.41) is 0. The van der Waals surface area contributed by atoms with Crippen molar-refractivity contribution in [3.63, 3.8) is 0 Å². The van der Waals surface area contributed by atoms with Crippen LogP contribution in [-0.2, 0) is 4.74 Å². The number of benzene rings is 2. The highest BCUT2D eigenvalue weighted by atomic mass is 16.5. The molecule has 0 radical (unpaired) electrons. The minimum Gasteiger partial charge on any atom is -0.465 e. The van der Waals surface area contributed by atoms with Gasteiger partial charge in [-0.1, -0.05) is 17.7 Å². The Kier molecular flexibility index (Phi) is 4.24. The second kappa shape index (κ2) is 6.50. The zero-order valence-electron chi connectivity index (χ0n) is 13.4. The van der Waals surface area contributed by atoms with E-state index in [2.05, 4.69) is 9.72 Å². The van der Waals surface area contributed by atoms with E-state index in [1.165, 1.54) is 7.11 Å². The third-order valence-corrected chi connectivity index (χ3v) is 3.83. The van der Waals surface area contributed by atoms with Crippen LogP contribution in [0.25, 0.3) is 22.5 Å². The first-order valence-corrected chi connectivity index (χ1v) is 7.49. The molecule has 0 saturated carbocycles. The van der Waals surface area contributed by atoms with E-state index in [-0.39, 0.29) is 0 Å². The number of methoxy groups -OCH3 is 1. The molecule has 0 aliphatic rings. The Morgan fingerprint density at radius 1 is 0.917 bits per heavy atom. The summed E-state index contributed by atoms with van der Waals surface area (Å²) in [7, 11) is 1.34. The number of rotatable bonds is 3. The first-order valence-electron chi connectivity index (χ1n) is 7.49. The van der Waals surface area contributed by atoms with E-state index in [0.717, 1.165) is 15.6 Å². The van der Waals surface area contributed by atoms with Crippen LogP contribution in [0.3, 0.4) is 0 Å². The van der Waals surface area contributed by atoms with Crippen LogP contribution in [0, 0.1) is 11.8 Å². The number of carbonyl (C=O) groups is 1. The third-order valence-electron chi connectivity index (χ3n) is 3.83. The van der Waals surface area contributed by atoms with Gasteiger partial charge in [-0.05, 0) is 43.3 Å². The van der Waals surface area contributed by atoms with E-state index in [1.807, 2.05) is 31.2 Å². The Balaban J connectivity index is 2.03. The normalized spacial score (nSPS) is 10.4. The number of aryl methyl sites for hydroxylation is 1. The number of carbonyl (C=O) groups excluding carboxylic acids is 1. The van der Waals surface area contributed by atoms with Gasteiger partial charge in [0.1, 0.15) is 0 Å². The summed E-state index contributed by atoms with van der Waals surface area (Å²) < 4.78 is 5.56. The Labute approximate surface area is 139 Å². The van der Waals surface area contributed by atoms with Gasteiger partial charge in [0.15, 0.2) is 0 Å². The highest BCUT2D eigenvalue weighted by Crippen LogP contribution is 2.19. The predicted molar refractivity (Wildman–Crippen MR) is 91.1 cm³/mol. The van der Waals surface area contributed by atoms with Gasteiger partial charge in [0.05, 0.1) is 40.6 Å². The second-order valence-electron chi connectivity index (χ2n) is 5.46. The van der Waals surface area contributed by atoms with Gasteiger partial charge < -0.3 is 9.72 Å². The van der Waals surface area contributed by atoms with Gasteiger partial charge in [-0.2, -0.15) is 0 Å². The average Bonchev–Trinajstić information content (AvgIpc) is 2.62. The minimum atomic E-state index is -0.406. The van der Waals surface area contributed by atoms with Crippen molar-refractivity contribution in [3.8, 4) is 22.5 Å². The second-order valence-corrected chi connectivity index (χ2v) is 5.46. The van der Waals surface area contributed by atoms with Crippen molar-refractivity contribution in [1.82, 2.24) is 4.98 Å². The SMILES string of the molecule is COC(=O)c1ccc(-c2c[nH]cc(-c3ccc(C)cc3)[n+]2=O)cc1. The average molecular weight is 321 g/mol. The van der Waals surface area contributed by atoms with E-state index in [1.54, 1.807) is 36.7 Å². The van der Waals surface area contributed by atoms with Crippen molar-refractivity contribution >= 4 is 5.97 Å². The molecule has 1 heterocycles. The van der Waals surface area contributed by atoms with Crippen LogP contribution in [0.4, 0.5) is 0 Å². The zero-order chi connectivity index (χ0) is 17.1. The molecule has 0 bridgehead atoms. The Hall–Kier alpha value is -3.21. The molecular weight excluding hydrogens is 304 g/mol. The van der Waals surface area contributed by atoms with Gasteiger partial charge in [-0.25, -0.2) is 4.79 Å². The maximum absolute atomic E-state index is 12.7. The third kappa shape index (κ3) is 2.96. The summed E-state index contributed by atoms with van der Waals surface area (Å²) in [5.41, 5.74) is 4.13. The molecule has 0 amide bonds. The van der Waals surface area contributed by atoms with Crippen LogP contribution < -0.4 is 4.43 Å². The first kappa shape index (κ1) is 15.7. The van der Waals surface area contributed by atoms with Crippen molar-refractivity contribution in [2.75, 3.05) is 7.11 Å². The molecule has 0 atom stereocenters. The molecule has 24 heavy (non-hydrogen) atoms. The van der Waals surface area contributed by atoms with Crippen LogP contribution in [0.5, 0.6) is 0 Å². The maximum atomic E-state index is 12.7. The van der Waals surface area contributed by atoms with Crippen molar-refractivity contribution in [1.29, 1.82) is 0 Å². The molecule has 5 nitrogen and oxygen atoms in total. The standard InChI is InChI=1S/C19H16N2O3/c1-13-3-5-14(6-4-13)17-11-20-12-18(21(17)23)15-7-9-16(10-8-15)19(22)24-2/h3-12H,1-2H3/p+1. The first-order chi connectivity index (χ1) is 11.6. The molecule has 0 spiro atoms. The van der Waals surface area contributed by atoms with Gasteiger partial charge in [-0.3, -0.25) is 0 Å². The molecule has 5 heteroatoms. The van der Waals surface area contributed by atoms with Crippen LogP contribution >= 0.6 is 0 Å². The number of esters is 1. The number of hydrogen-bond donors (Lipinski definition) is 1. The van der Waals surface area contributed by atoms with E-state index >= 15 is 0 Å². The zero-order valence-corrected chi connectivity index (χ0v) is 13.4. The summed E-state index contributed by atoms with van der Waals surface area (Å²) >= 11 is 0. The molecule has 0 fully saturated rings. The molecule has 2 aromatic carbocycles. The lowest BCUT2D eigenvalue weighted by molar-refractivity contribution is -0.470. The maximum Gasteiger partial charge on any atom is 0.337 e. The summed E-state index contributed by atoms with van der Waals surface area (Å²) in [4.78, 5) is 27.3. The smallest absolute Gasteiger partial charge is 0.337 e. The van der Waals surface area contributed by atoms with Gasteiger partial charge in [0.2, 0.25) is 0 Å². The molecule has 3 rings (SSSR count). The molecule has 0 aliphatic heterocycles. The number of aromatic nitrogens is 2. The van der Waals surface area contributed by atoms with Gasteiger partial charge in [0, 0.05) is 4.91 Å². The number of H-pyrrole nitrogens is 1. The topological polar surface area (TPSA) is 65.1 Å². The quantitative estimate of drug-likeness (QED) is 0.594. The minimum absolute atomic E-state index is 0.406. The molecule has 0 unspecified atom stereocenters. The van der Waals surface area contributed by atoms with Gasteiger partial charge in [-0.15, -0.1) is 0 Å². The monoisotopic (exact) mass is 321 g/mol. The Bertz CT molecular complexity index is 926. The van der Waals surface area contributed by atoms with E-state index in [4.69, 9.17) is 0 Å². The number of nitrogens with zero attached hydrogens (tertiary/aromatic N) is 1. The predicted octanol–water partition coefficient (Wildman–Crippen LogP) is 3.36. The lowest BCUT2D eigenvalue weighted by atomic mass is 10.1. The van der Waals surface area contributed by atoms with Crippen molar-refractivity contribution in [2.24, 2.45) is 0 Å².